The van der Waals surface area contributed by atoms with Gasteiger partial charge in [0.1, 0.15) is 8.07 Å². The Kier molecular flexibility index (Phi) is 4.78. The van der Waals surface area contributed by atoms with Crippen LogP contribution in [0.25, 0.3) is 6.08 Å². The molecule has 0 aliphatic heterocycles. The van der Waals surface area contributed by atoms with Gasteiger partial charge >= 0.3 is 0 Å². The van der Waals surface area contributed by atoms with E-state index in [1.807, 2.05) is 0 Å². The molecule has 0 aliphatic carbocycles. The molecule has 1 aromatic rings. The molecule has 0 saturated carbocycles. The first kappa shape index (κ1) is 15.0. The van der Waals surface area contributed by atoms with Gasteiger partial charge in [-0.2, -0.15) is 0 Å². The lowest BCUT2D eigenvalue weighted by Crippen LogP contribution is -2.16. The van der Waals surface area contributed by atoms with Crippen molar-refractivity contribution >= 4 is 22.2 Å². The van der Waals surface area contributed by atoms with Gasteiger partial charge in [-0.05, 0) is 17.7 Å². The second kappa shape index (κ2) is 5.73. The fourth-order valence-electron chi connectivity index (χ4n) is 1.28. The van der Waals surface area contributed by atoms with Crippen LogP contribution in [-0.4, -0.2) is 16.1 Å². The first-order valence-electron chi connectivity index (χ1n) is 6.48. The topological polar surface area (TPSA) is 0 Å². The highest BCUT2D eigenvalue weighted by Gasteiger charge is 2.07. The predicted octanol–water partition coefficient (Wildman–Crippen LogP) is 4.81. The Labute approximate surface area is 114 Å². The van der Waals surface area contributed by atoms with Gasteiger partial charge in [0, 0.05) is 5.56 Å². The number of hydrogen-bond donors (Lipinski definition) is 0. The minimum atomic E-state index is -1.26. The lowest BCUT2D eigenvalue weighted by atomic mass is 10.1. The van der Waals surface area contributed by atoms with Crippen LogP contribution in [0.15, 0.2) is 30.0 Å². The van der Waals surface area contributed by atoms with Gasteiger partial charge in [-0.3, -0.25) is 0 Å². The molecule has 0 spiro atoms. The molecule has 18 heavy (non-hydrogen) atoms. The summed E-state index contributed by atoms with van der Waals surface area (Å²) in [4.78, 5) is 0. The molecule has 1 aromatic carbocycles. The first-order valence-corrected chi connectivity index (χ1v) is 13.6. The summed E-state index contributed by atoms with van der Waals surface area (Å²) in [5, 5.41) is 0. The van der Waals surface area contributed by atoms with Gasteiger partial charge in [-0.25, -0.2) is 0 Å². The van der Waals surface area contributed by atoms with Crippen molar-refractivity contribution in [3.05, 3.63) is 41.1 Å². The quantitative estimate of drug-likeness (QED) is 0.535. The molecule has 0 N–H and O–H groups in total. The van der Waals surface area contributed by atoms with Gasteiger partial charge in [-0.1, -0.05) is 69.1 Å². The van der Waals surface area contributed by atoms with Crippen LogP contribution >= 0.6 is 0 Å². The van der Waals surface area contributed by atoms with Crippen LogP contribution in [0.5, 0.6) is 0 Å². The van der Waals surface area contributed by atoms with Crippen LogP contribution < -0.4 is 0 Å². The molecule has 0 amide bonds. The number of benzene rings is 1. The summed E-state index contributed by atoms with van der Waals surface area (Å²) in [7, 11) is -2.36. The molecule has 0 fully saturated rings. The molecule has 96 valence electrons. The van der Waals surface area contributed by atoms with Gasteiger partial charge in [0.2, 0.25) is 0 Å². The van der Waals surface area contributed by atoms with E-state index >= 15 is 0 Å². The molecule has 0 saturated heterocycles. The first-order chi connectivity index (χ1) is 8.16. The number of rotatable bonds is 2. The highest BCUT2D eigenvalue weighted by atomic mass is 28.3. The molecule has 0 atom stereocenters. The summed E-state index contributed by atoms with van der Waals surface area (Å²) in [6.45, 7) is 13.8. The Balaban J connectivity index is 2.80. The molecular weight excluding hydrogens is 248 g/mol. The summed E-state index contributed by atoms with van der Waals surface area (Å²) >= 11 is 0. The third kappa shape index (κ3) is 6.63. The van der Waals surface area contributed by atoms with Crippen LogP contribution in [0.2, 0.25) is 39.3 Å². The zero-order chi connectivity index (χ0) is 13.8. The van der Waals surface area contributed by atoms with E-state index in [4.69, 9.17) is 0 Å². The Morgan fingerprint density at radius 3 is 1.89 bits per heavy atom. The monoisotopic (exact) mass is 272 g/mol. The molecule has 0 unspecified atom stereocenters. The van der Waals surface area contributed by atoms with E-state index in [0.29, 0.717) is 0 Å². The van der Waals surface area contributed by atoms with Crippen LogP contribution in [0.3, 0.4) is 0 Å². The smallest absolute Gasteiger partial charge is 0.127 e. The van der Waals surface area contributed by atoms with E-state index in [-0.39, 0.29) is 0 Å². The van der Waals surface area contributed by atoms with Crippen molar-refractivity contribution in [1.82, 2.24) is 0 Å². The van der Waals surface area contributed by atoms with Crippen molar-refractivity contribution in [2.45, 2.75) is 39.3 Å². The lowest BCUT2D eigenvalue weighted by molar-refractivity contribution is 1.61. The van der Waals surface area contributed by atoms with Crippen LogP contribution in [-0.2, 0) is 0 Å². The standard InChI is InChI=1S/C16H24Si2/c1-17(2,3)13-11-15-7-9-16(10-8-15)12-14-18(4,5)6/h7-11,13H,1-6H3/b13-11-. The van der Waals surface area contributed by atoms with E-state index in [1.54, 1.807) is 0 Å². The maximum absolute atomic E-state index is 3.39. The van der Waals surface area contributed by atoms with E-state index in [2.05, 4.69) is 86.8 Å². The minimum absolute atomic E-state index is 1.10. The third-order valence-electron chi connectivity index (χ3n) is 2.27. The summed E-state index contributed by atoms with van der Waals surface area (Å²) in [5.41, 5.74) is 8.16. The molecule has 0 radical (unpaired) electrons. The van der Waals surface area contributed by atoms with E-state index < -0.39 is 16.1 Å². The van der Waals surface area contributed by atoms with Crippen molar-refractivity contribution in [2.75, 3.05) is 0 Å². The second-order valence-corrected chi connectivity index (χ2v) is 16.6. The van der Waals surface area contributed by atoms with Crippen molar-refractivity contribution in [3.8, 4) is 11.5 Å². The number of hydrogen-bond acceptors (Lipinski definition) is 0. The molecule has 2 heteroatoms. The Bertz CT molecular complexity index is 471. The molecule has 0 nitrogen and oxygen atoms in total. The average Bonchev–Trinajstić information content (AvgIpc) is 2.23. The van der Waals surface area contributed by atoms with E-state index in [1.165, 1.54) is 5.56 Å². The Morgan fingerprint density at radius 1 is 0.889 bits per heavy atom. The van der Waals surface area contributed by atoms with Gasteiger partial charge in [-0.15, -0.1) is 5.54 Å². The summed E-state index contributed by atoms with van der Waals surface area (Å²) < 4.78 is 0. The highest BCUT2D eigenvalue weighted by Crippen LogP contribution is 2.10. The normalized spacial score (nSPS) is 12.3. The van der Waals surface area contributed by atoms with Gasteiger partial charge in [0.15, 0.2) is 0 Å². The molecule has 0 heterocycles. The summed E-state index contributed by atoms with van der Waals surface area (Å²) in [5.74, 6) is 3.28. The molecule has 1 rings (SSSR count). The SMILES string of the molecule is C[Si](C)(C)C#Cc1ccc(/C=C\[Si](C)(C)C)cc1. The van der Waals surface area contributed by atoms with Gasteiger partial charge < -0.3 is 0 Å². The lowest BCUT2D eigenvalue weighted by Gasteiger charge is -2.08. The van der Waals surface area contributed by atoms with Crippen molar-refractivity contribution in [1.29, 1.82) is 0 Å². The fourth-order valence-corrected chi connectivity index (χ4v) is 2.50. The third-order valence-corrected chi connectivity index (χ3v) is 4.31. The van der Waals surface area contributed by atoms with Crippen LogP contribution in [0, 0.1) is 11.5 Å². The molecule has 0 aromatic heterocycles. The van der Waals surface area contributed by atoms with Crippen molar-refractivity contribution < 1.29 is 0 Å². The van der Waals surface area contributed by atoms with Crippen molar-refractivity contribution in [2.24, 2.45) is 0 Å². The minimum Gasteiger partial charge on any atom is -0.127 e. The zero-order valence-electron chi connectivity index (χ0n) is 12.5. The maximum Gasteiger partial charge on any atom is 0.129 e. The van der Waals surface area contributed by atoms with E-state index in [0.717, 1.165) is 5.56 Å². The van der Waals surface area contributed by atoms with E-state index in [9.17, 15) is 0 Å². The summed E-state index contributed by atoms with van der Waals surface area (Å²) in [6, 6.07) is 8.56. The van der Waals surface area contributed by atoms with Crippen LogP contribution in [0.1, 0.15) is 11.1 Å². The second-order valence-electron chi connectivity index (χ2n) is 6.82. The average molecular weight is 273 g/mol. The highest BCUT2D eigenvalue weighted by molar-refractivity contribution is 6.84. The molecular formula is C16H24Si2. The van der Waals surface area contributed by atoms with Crippen molar-refractivity contribution in [3.63, 3.8) is 0 Å². The fraction of sp³-hybridized carbons (Fsp3) is 0.375. The van der Waals surface area contributed by atoms with Crippen LogP contribution in [0.4, 0.5) is 0 Å². The summed E-state index contributed by atoms with van der Waals surface area (Å²) in [6.07, 6.45) is 2.24. The molecule has 0 aliphatic rings. The van der Waals surface area contributed by atoms with Gasteiger partial charge in [0.05, 0.1) is 8.07 Å². The van der Waals surface area contributed by atoms with Gasteiger partial charge in [0.25, 0.3) is 0 Å². The largest absolute Gasteiger partial charge is 0.129 e. The Morgan fingerprint density at radius 2 is 1.44 bits per heavy atom. The predicted molar refractivity (Wildman–Crippen MR) is 89.0 cm³/mol. The maximum atomic E-state index is 3.39. The zero-order valence-corrected chi connectivity index (χ0v) is 14.5. The molecule has 0 bridgehead atoms. The Hall–Kier alpha value is -1.05.